The number of para-hydroxylation sites is 1. The summed E-state index contributed by atoms with van der Waals surface area (Å²) >= 11 is 0. The maximum atomic E-state index is 4.16. The van der Waals surface area contributed by atoms with Gasteiger partial charge >= 0.3 is 0 Å². The highest BCUT2D eigenvalue weighted by Crippen LogP contribution is 2.25. The monoisotopic (exact) mass is 213 g/mol. The van der Waals surface area contributed by atoms with E-state index >= 15 is 0 Å². The Morgan fingerprint density at radius 3 is 2.44 bits per heavy atom. The number of aromatic amines is 1. The Bertz CT molecular complexity index is 589. The average molecular weight is 213 g/mol. The third kappa shape index (κ3) is 1.55. The second kappa shape index (κ2) is 4.12. The predicted molar refractivity (Wildman–Crippen MR) is 62.9 cm³/mol. The molecule has 1 heterocycles. The Hall–Kier alpha value is -2.20. The maximum absolute atomic E-state index is 4.16. The molecule has 0 spiro atoms. The van der Waals surface area contributed by atoms with Crippen molar-refractivity contribution in [2.45, 2.75) is 0 Å². The molecule has 0 aliphatic carbocycles. The minimum absolute atomic E-state index is 0. The van der Waals surface area contributed by atoms with E-state index in [1.165, 1.54) is 0 Å². The van der Waals surface area contributed by atoms with Crippen molar-refractivity contribution in [3.05, 3.63) is 48.5 Å². The first-order valence-electron chi connectivity index (χ1n) is 4.80. The molecule has 80 valence electrons. The van der Waals surface area contributed by atoms with Crippen LogP contribution in [0.1, 0.15) is 0 Å². The fourth-order valence-electron chi connectivity index (χ4n) is 1.72. The number of aromatic nitrogens is 3. The van der Waals surface area contributed by atoms with E-state index in [0.29, 0.717) is 0 Å². The van der Waals surface area contributed by atoms with E-state index in [0.717, 1.165) is 22.2 Å². The van der Waals surface area contributed by atoms with Gasteiger partial charge in [0.15, 0.2) is 0 Å². The molecule has 16 heavy (non-hydrogen) atoms. The van der Waals surface area contributed by atoms with Crippen molar-refractivity contribution in [3.63, 3.8) is 0 Å². The van der Waals surface area contributed by atoms with Gasteiger partial charge in [-0.25, -0.2) is 0 Å². The van der Waals surface area contributed by atoms with E-state index in [1.807, 2.05) is 30.3 Å². The van der Waals surface area contributed by atoms with E-state index in [2.05, 4.69) is 33.6 Å². The first kappa shape index (κ1) is 10.3. The van der Waals surface area contributed by atoms with Gasteiger partial charge in [-0.3, -0.25) is 0 Å². The molecular formula is C12H11N3O. The summed E-state index contributed by atoms with van der Waals surface area (Å²) in [6.45, 7) is 0. The van der Waals surface area contributed by atoms with Crippen LogP contribution in [0.25, 0.3) is 22.2 Å². The molecule has 0 aliphatic rings. The lowest BCUT2D eigenvalue weighted by molar-refractivity contribution is 0.824. The quantitative estimate of drug-likeness (QED) is 0.669. The van der Waals surface area contributed by atoms with Crippen molar-refractivity contribution >= 4 is 11.0 Å². The lowest BCUT2D eigenvalue weighted by atomic mass is 10.0. The van der Waals surface area contributed by atoms with Gasteiger partial charge < -0.3 is 5.48 Å². The van der Waals surface area contributed by atoms with Crippen LogP contribution in [0, 0.1) is 0 Å². The van der Waals surface area contributed by atoms with Gasteiger partial charge in [-0.05, 0) is 11.6 Å². The second-order valence-electron chi connectivity index (χ2n) is 3.36. The minimum Gasteiger partial charge on any atom is -0.412 e. The molecule has 3 rings (SSSR count). The van der Waals surface area contributed by atoms with Crippen LogP contribution in [0.15, 0.2) is 48.5 Å². The van der Waals surface area contributed by atoms with Gasteiger partial charge in [-0.15, -0.1) is 0 Å². The van der Waals surface area contributed by atoms with Gasteiger partial charge in [0.25, 0.3) is 0 Å². The largest absolute Gasteiger partial charge is 0.412 e. The second-order valence-corrected chi connectivity index (χ2v) is 3.36. The Morgan fingerprint density at radius 2 is 1.62 bits per heavy atom. The first-order valence-corrected chi connectivity index (χ1v) is 4.80. The molecule has 4 nitrogen and oxygen atoms in total. The van der Waals surface area contributed by atoms with Crippen molar-refractivity contribution in [3.8, 4) is 11.1 Å². The summed E-state index contributed by atoms with van der Waals surface area (Å²) in [6.07, 6.45) is 0. The fraction of sp³-hybridized carbons (Fsp3) is 0. The molecule has 0 atom stereocenters. The van der Waals surface area contributed by atoms with Crippen LogP contribution in [0.3, 0.4) is 0 Å². The van der Waals surface area contributed by atoms with Crippen molar-refractivity contribution in [2.75, 3.05) is 0 Å². The number of hydrogen-bond acceptors (Lipinski definition) is 2. The molecular weight excluding hydrogens is 202 g/mol. The molecule has 0 saturated heterocycles. The van der Waals surface area contributed by atoms with E-state index in [4.69, 9.17) is 0 Å². The topological polar surface area (TPSA) is 73.1 Å². The van der Waals surface area contributed by atoms with Crippen LogP contribution in [-0.4, -0.2) is 20.9 Å². The van der Waals surface area contributed by atoms with Crippen molar-refractivity contribution in [1.29, 1.82) is 0 Å². The Morgan fingerprint density at radius 1 is 0.812 bits per heavy atom. The Balaban J connectivity index is 0.000000963. The summed E-state index contributed by atoms with van der Waals surface area (Å²) in [4.78, 5) is 0. The van der Waals surface area contributed by atoms with Gasteiger partial charge in [0.05, 0.1) is 0 Å². The summed E-state index contributed by atoms with van der Waals surface area (Å²) in [7, 11) is 0. The normalized spacial score (nSPS) is 10.0. The summed E-state index contributed by atoms with van der Waals surface area (Å²) in [5.74, 6) is 0. The average Bonchev–Trinajstić information content (AvgIpc) is 2.78. The summed E-state index contributed by atoms with van der Waals surface area (Å²) in [5.41, 5.74) is 4.10. The van der Waals surface area contributed by atoms with Gasteiger partial charge in [-0.2, -0.15) is 15.4 Å². The maximum Gasteiger partial charge on any atom is 0.120 e. The standard InChI is InChI=1S/C12H9N3.H2O/c1-2-5-9(6-3-1)10-7-4-8-11-12(10)14-15-13-11;/h1-8H,(H,13,14,15);1H2. The SMILES string of the molecule is O.c1ccc(-c2cccc3n[nH]nc23)cc1. The zero-order valence-corrected chi connectivity index (χ0v) is 8.51. The molecule has 3 aromatic rings. The smallest absolute Gasteiger partial charge is 0.120 e. The molecule has 0 bridgehead atoms. The fourth-order valence-corrected chi connectivity index (χ4v) is 1.72. The summed E-state index contributed by atoms with van der Waals surface area (Å²) < 4.78 is 0. The van der Waals surface area contributed by atoms with E-state index in [9.17, 15) is 0 Å². The number of nitrogens with one attached hydrogen (secondary N) is 1. The molecule has 0 amide bonds. The predicted octanol–water partition coefficient (Wildman–Crippen LogP) is 1.80. The van der Waals surface area contributed by atoms with Crippen LogP contribution < -0.4 is 0 Å². The number of fused-ring (bicyclic) bond motifs is 1. The molecule has 0 unspecified atom stereocenters. The number of benzene rings is 2. The minimum atomic E-state index is 0. The first-order chi connectivity index (χ1) is 7.45. The van der Waals surface area contributed by atoms with Gasteiger partial charge in [0.2, 0.25) is 0 Å². The lowest BCUT2D eigenvalue weighted by Gasteiger charge is -2.00. The highest BCUT2D eigenvalue weighted by molar-refractivity contribution is 5.90. The Labute approximate surface area is 92.2 Å². The van der Waals surface area contributed by atoms with Crippen LogP contribution in [0.2, 0.25) is 0 Å². The Kier molecular flexibility index (Phi) is 2.66. The molecule has 3 N–H and O–H groups in total. The highest BCUT2D eigenvalue weighted by atomic mass is 16.0. The molecule has 0 saturated carbocycles. The zero-order chi connectivity index (χ0) is 10.1. The molecule has 4 heteroatoms. The van der Waals surface area contributed by atoms with E-state index in [1.54, 1.807) is 0 Å². The summed E-state index contributed by atoms with van der Waals surface area (Å²) in [6, 6.07) is 16.2. The van der Waals surface area contributed by atoms with E-state index < -0.39 is 0 Å². The third-order valence-electron chi connectivity index (χ3n) is 2.43. The molecule has 0 radical (unpaired) electrons. The van der Waals surface area contributed by atoms with Crippen LogP contribution >= 0.6 is 0 Å². The number of rotatable bonds is 1. The van der Waals surface area contributed by atoms with Crippen LogP contribution in [0.4, 0.5) is 0 Å². The van der Waals surface area contributed by atoms with Crippen molar-refractivity contribution in [2.24, 2.45) is 0 Å². The van der Waals surface area contributed by atoms with Crippen LogP contribution in [0.5, 0.6) is 0 Å². The van der Waals surface area contributed by atoms with Gasteiger partial charge in [-0.1, -0.05) is 42.5 Å². The number of H-pyrrole nitrogens is 1. The summed E-state index contributed by atoms with van der Waals surface area (Å²) in [5, 5.41) is 10.9. The molecule has 2 aromatic carbocycles. The zero-order valence-electron chi connectivity index (χ0n) is 8.51. The van der Waals surface area contributed by atoms with Gasteiger partial charge in [0, 0.05) is 5.56 Å². The molecule has 0 aliphatic heterocycles. The van der Waals surface area contributed by atoms with Crippen molar-refractivity contribution < 1.29 is 5.48 Å². The molecule has 0 fully saturated rings. The highest BCUT2D eigenvalue weighted by Gasteiger charge is 2.05. The number of hydrogen-bond donors (Lipinski definition) is 1. The van der Waals surface area contributed by atoms with Crippen molar-refractivity contribution in [1.82, 2.24) is 15.4 Å². The van der Waals surface area contributed by atoms with E-state index in [-0.39, 0.29) is 5.48 Å². The van der Waals surface area contributed by atoms with Crippen LogP contribution in [-0.2, 0) is 0 Å². The lowest BCUT2D eigenvalue weighted by Crippen LogP contribution is -1.79. The molecule has 1 aromatic heterocycles. The number of nitrogens with zero attached hydrogens (tertiary/aromatic N) is 2. The third-order valence-corrected chi connectivity index (χ3v) is 2.43. The van der Waals surface area contributed by atoms with Gasteiger partial charge in [0.1, 0.15) is 11.0 Å².